The Morgan fingerprint density at radius 3 is 2.00 bits per heavy atom. The Morgan fingerprint density at radius 1 is 1.09 bits per heavy atom. The van der Waals surface area contributed by atoms with Gasteiger partial charge >= 0.3 is 53.4 Å². The monoisotopic (exact) mass is 343 g/mol. The fourth-order valence-electron chi connectivity index (χ4n) is 1.31. The number of carbonyl (C=O) groups is 5. The van der Waals surface area contributed by atoms with Gasteiger partial charge in [0.2, 0.25) is 0 Å². The second-order valence-electron chi connectivity index (χ2n) is 4.39. The summed E-state index contributed by atoms with van der Waals surface area (Å²) in [5.41, 5.74) is 2.13. The molecule has 1 unspecified atom stereocenters. The molecule has 0 aromatic carbocycles. The standard InChI is InChI=1S/C11H15NO10.Na/c12-5(9(17)18)1-2-7(15)22-8(16)4-11(21,10(19)20)3-6(13)14;/h5,21H,1-4,12H2,(H,13,14)(H,17,18)(H,19,20);/q;+1/p-1/t5-,11?;/m0./s1. The zero-order chi connectivity index (χ0) is 17.5. The van der Waals surface area contributed by atoms with Gasteiger partial charge in [0.05, 0.1) is 18.8 Å². The van der Waals surface area contributed by atoms with Crippen LogP contribution in [0.25, 0.3) is 0 Å². The van der Waals surface area contributed by atoms with Crippen LogP contribution < -0.4 is 40.4 Å². The minimum atomic E-state index is -2.93. The Balaban J connectivity index is 0. The molecule has 0 spiro atoms. The van der Waals surface area contributed by atoms with E-state index in [0.29, 0.717) is 0 Å². The Morgan fingerprint density at radius 2 is 1.61 bits per heavy atom. The molecular weight excluding hydrogens is 329 g/mol. The van der Waals surface area contributed by atoms with Gasteiger partial charge in [-0.1, -0.05) is 0 Å². The van der Waals surface area contributed by atoms with Crippen LogP contribution in [0.1, 0.15) is 25.7 Å². The summed E-state index contributed by atoms with van der Waals surface area (Å²) in [6, 6.07) is -1.45. The fraction of sp³-hybridized carbons (Fsp3) is 0.545. The van der Waals surface area contributed by atoms with Crippen molar-refractivity contribution >= 4 is 29.8 Å². The number of hydrogen-bond acceptors (Lipinski definition) is 9. The van der Waals surface area contributed by atoms with Crippen LogP contribution in [0.3, 0.4) is 0 Å². The third-order valence-electron chi connectivity index (χ3n) is 2.47. The Hall–Kier alpha value is -1.53. The number of carboxylic acid groups (broad SMARTS) is 3. The van der Waals surface area contributed by atoms with Gasteiger partial charge in [-0.15, -0.1) is 0 Å². The largest absolute Gasteiger partial charge is 1.00 e. The van der Waals surface area contributed by atoms with Crippen molar-refractivity contribution in [2.75, 3.05) is 0 Å². The number of esters is 2. The molecule has 0 saturated carbocycles. The summed E-state index contributed by atoms with van der Waals surface area (Å²) in [5, 5.41) is 37.0. The minimum Gasteiger partial charge on any atom is -0.548 e. The normalized spacial score (nSPS) is 13.8. The van der Waals surface area contributed by atoms with Crippen LogP contribution in [0.2, 0.25) is 0 Å². The maximum atomic E-state index is 11.3. The van der Waals surface area contributed by atoms with E-state index in [9.17, 15) is 34.2 Å². The number of nitrogens with two attached hydrogens (primary N) is 1. The number of rotatable bonds is 9. The maximum Gasteiger partial charge on any atom is 1.00 e. The van der Waals surface area contributed by atoms with Crippen LogP contribution in [0.15, 0.2) is 0 Å². The van der Waals surface area contributed by atoms with Crippen LogP contribution in [0, 0.1) is 0 Å². The Kier molecular flexibility index (Phi) is 10.6. The van der Waals surface area contributed by atoms with E-state index in [1.807, 2.05) is 0 Å². The Labute approximate surface area is 151 Å². The molecule has 0 fully saturated rings. The average molecular weight is 343 g/mol. The molecule has 2 atom stereocenters. The van der Waals surface area contributed by atoms with Gasteiger partial charge in [-0.05, 0) is 6.42 Å². The molecule has 0 heterocycles. The van der Waals surface area contributed by atoms with Gasteiger partial charge in [-0.3, -0.25) is 14.4 Å². The van der Waals surface area contributed by atoms with E-state index in [4.69, 9.17) is 15.9 Å². The van der Waals surface area contributed by atoms with Crippen LogP contribution in [0.5, 0.6) is 0 Å². The maximum absolute atomic E-state index is 11.3. The van der Waals surface area contributed by atoms with Gasteiger partial charge < -0.3 is 35.7 Å². The van der Waals surface area contributed by atoms with Gasteiger partial charge in [0.15, 0.2) is 5.60 Å². The third-order valence-corrected chi connectivity index (χ3v) is 2.47. The van der Waals surface area contributed by atoms with Crippen LogP contribution in [0.4, 0.5) is 0 Å². The van der Waals surface area contributed by atoms with E-state index < -0.39 is 60.8 Å². The predicted octanol–water partition coefficient (Wildman–Crippen LogP) is -6.40. The molecule has 0 saturated heterocycles. The van der Waals surface area contributed by atoms with E-state index in [0.717, 1.165) is 0 Å². The molecule has 0 aliphatic rings. The first-order valence-electron chi connectivity index (χ1n) is 5.85. The van der Waals surface area contributed by atoms with Gasteiger partial charge in [0.25, 0.3) is 0 Å². The number of carboxylic acids is 3. The molecule has 5 N–H and O–H groups in total. The summed E-state index contributed by atoms with van der Waals surface area (Å²) in [6.07, 6.45) is -3.49. The molecular formula is C11H14NNaO10. The molecule has 0 aliphatic carbocycles. The number of hydrogen-bond donors (Lipinski definition) is 4. The summed E-state index contributed by atoms with van der Waals surface area (Å²) < 4.78 is 4.14. The topological polar surface area (TPSA) is 204 Å². The Bertz CT molecular complexity index is 493. The van der Waals surface area contributed by atoms with Crippen molar-refractivity contribution in [1.82, 2.24) is 0 Å². The number of aliphatic carboxylic acids is 3. The van der Waals surface area contributed by atoms with Gasteiger partial charge in [-0.25, -0.2) is 4.79 Å². The second-order valence-corrected chi connectivity index (χ2v) is 4.39. The van der Waals surface area contributed by atoms with E-state index in [1.165, 1.54) is 0 Å². The molecule has 11 nitrogen and oxygen atoms in total. The van der Waals surface area contributed by atoms with Crippen LogP contribution in [-0.4, -0.2) is 56.8 Å². The third kappa shape index (κ3) is 9.25. The first-order chi connectivity index (χ1) is 9.97. The molecule has 124 valence electrons. The molecule has 23 heavy (non-hydrogen) atoms. The number of ether oxygens (including phenoxy) is 1. The quantitative estimate of drug-likeness (QED) is 0.176. The minimum absolute atomic E-state index is 0. The van der Waals surface area contributed by atoms with Crippen molar-refractivity contribution in [3.05, 3.63) is 0 Å². The smallest absolute Gasteiger partial charge is 0.548 e. The summed E-state index contributed by atoms with van der Waals surface area (Å²) in [7, 11) is 0. The van der Waals surface area contributed by atoms with Gasteiger partial charge in [-0.2, -0.15) is 0 Å². The molecule has 0 aromatic heterocycles. The van der Waals surface area contributed by atoms with E-state index in [2.05, 4.69) is 4.74 Å². The van der Waals surface area contributed by atoms with Crippen molar-refractivity contribution in [2.24, 2.45) is 5.73 Å². The molecule has 0 rings (SSSR count). The van der Waals surface area contributed by atoms with Crippen molar-refractivity contribution in [3.63, 3.8) is 0 Å². The van der Waals surface area contributed by atoms with Crippen LogP contribution >= 0.6 is 0 Å². The summed E-state index contributed by atoms with van der Waals surface area (Å²) in [4.78, 5) is 54.0. The first-order valence-corrected chi connectivity index (χ1v) is 5.85. The predicted molar refractivity (Wildman–Crippen MR) is 62.8 cm³/mol. The summed E-state index contributed by atoms with van der Waals surface area (Å²) in [5.74, 6) is -7.94. The average Bonchev–Trinajstić information content (AvgIpc) is 2.33. The fourth-order valence-corrected chi connectivity index (χ4v) is 1.31. The number of aliphatic hydroxyl groups is 1. The molecule has 0 bridgehead atoms. The zero-order valence-electron chi connectivity index (χ0n) is 12.2. The zero-order valence-corrected chi connectivity index (χ0v) is 14.2. The summed E-state index contributed by atoms with van der Waals surface area (Å²) in [6.45, 7) is 0. The first kappa shape index (κ1) is 23.7. The van der Waals surface area contributed by atoms with Crippen molar-refractivity contribution in [3.8, 4) is 0 Å². The molecule has 0 aliphatic heterocycles. The van der Waals surface area contributed by atoms with Gasteiger partial charge in [0.1, 0.15) is 0 Å². The molecule has 0 amide bonds. The van der Waals surface area contributed by atoms with Crippen molar-refractivity contribution in [1.29, 1.82) is 0 Å². The molecule has 12 heteroatoms. The van der Waals surface area contributed by atoms with Crippen molar-refractivity contribution < 1.29 is 78.7 Å². The van der Waals surface area contributed by atoms with Gasteiger partial charge in [0, 0.05) is 12.5 Å². The molecule has 0 radical (unpaired) electrons. The van der Waals surface area contributed by atoms with E-state index in [-0.39, 0.29) is 36.0 Å². The van der Waals surface area contributed by atoms with Crippen LogP contribution in [-0.2, 0) is 28.7 Å². The van der Waals surface area contributed by atoms with E-state index in [1.54, 1.807) is 0 Å². The van der Waals surface area contributed by atoms with Crippen molar-refractivity contribution in [2.45, 2.75) is 37.3 Å². The second kappa shape index (κ2) is 10.3. The SMILES string of the molecule is N[C@@H](CCC(=O)OC(=O)CC(O)(CC(=O)O)C(=O)O)C(=O)[O-].[Na+]. The number of carbonyl (C=O) groups excluding carboxylic acids is 3. The molecule has 0 aromatic rings. The van der Waals surface area contributed by atoms with E-state index >= 15 is 0 Å². The summed E-state index contributed by atoms with van der Waals surface area (Å²) >= 11 is 0.